The summed E-state index contributed by atoms with van der Waals surface area (Å²) in [4.78, 5) is 0. The number of hydrogen-bond donors (Lipinski definition) is 2. The smallest absolute Gasteiger partial charge is 0.120 e. The third-order valence-corrected chi connectivity index (χ3v) is 3.07. The van der Waals surface area contributed by atoms with Gasteiger partial charge in [-0.1, -0.05) is 12.1 Å². The second-order valence-electron chi connectivity index (χ2n) is 4.51. The van der Waals surface area contributed by atoms with Crippen LogP contribution in [-0.4, -0.2) is 24.4 Å². The zero-order valence-electron chi connectivity index (χ0n) is 9.86. The Morgan fingerprint density at radius 1 is 1.50 bits per heavy atom. The van der Waals surface area contributed by atoms with Crippen LogP contribution in [-0.2, 0) is 4.74 Å². The minimum Gasteiger partial charge on any atom is -0.508 e. The molecule has 0 amide bonds. The van der Waals surface area contributed by atoms with Crippen molar-refractivity contribution in [3.05, 3.63) is 29.3 Å². The maximum absolute atomic E-state index is 9.86. The molecular formula is C13H19NO2. The van der Waals surface area contributed by atoms with E-state index in [1.807, 2.05) is 19.1 Å². The summed E-state index contributed by atoms with van der Waals surface area (Å²) in [5.41, 5.74) is 2.04. The van der Waals surface area contributed by atoms with Gasteiger partial charge in [0, 0.05) is 24.3 Å². The Kier molecular flexibility index (Phi) is 3.46. The molecule has 1 aliphatic heterocycles. The van der Waals surface area contributed by atoms with Gasteiger partial charge in [0.05, 0.1) is 6.61 Å². The molecule has 1 aliphatic rings. The zero-order chi connectivity index (χ0) is 11.5. The van der Waals surface area contributed by atoms with Crippen molar-refractivity contribution in [1.82, 2.24) is 5.32 Å². The Morgan fingerprint density at radius 2 is 2.31 bits per heavy atom. The zero-order valence-corrected chi connectivity index (χ0v) is 9.86. The van der Waals surface area contributed by atoms with Crippen molar-refractivity contribution in [2.75, 3.05) is 13.2 Å². The lowest BCUT2D eigenvalue weighted by atomic mass is 10.0. The number of ether oxygens (including phenoxy) is 1. The van der Waals surface area contributed by atoms with Crippen molar-refractivity contribution >= 4 is 0 Å². The number of phenols is 1. The fraction of sp³-hybridized carbons (Fsp3) is 0.538. The predicted octanol–water partition coefficient (Wildman–Crippen LogP) is 2.14. The molecular weight excluding hydrogens is 202 g/mol. The Hall–Kier alpha value is -1.06. The van der Waals surface area contributed by atoms with E-state index in [-0.39, 0.29) is 6.04 Å². The molecule has 1 aromatic carbocycles. The van der Waals surface area contributed by atoms with E-state index in [9.17, 15) is 5.11 Å². The maximum atomic E-state index is 9.86. The first-order chi connectivity index (χ1) is 7.66. The molecule has 1 aromatic rings. The summed E-state index contributed by atoms with van der Waals surface area (Å²) in [7, 11) is 0. The molecule has 0 bridgehead atoms. The van der Waals surface area contributed by atoms with Crippen LogP contribution in [0.3, 0.4) is 0 Å². The number of rotatable bonds is 3. The monoisotopic (exact) mass is 221 g/mol. The van der Waals surface area contributed by atoms with E-state index < -0.39 is 0 Å². The molecule has 1 heterocycles. The van der Waals surface area contributed by atoms with Crippen LogP contribution in [0.4, 0.5) is 0 Å². The Morgan fingerprint density at radius 3 is 2.94 bits per heavy atom. The first kappa shape index (κ1) is 11.4. The van der Waals surface area contributed by atoms with Gasteiger partial charge in [-0.05, 0) is 31.9 Å². The quantitative estimate of drug-likeness (QED) is 0.821. The maximum Gasteiger partial charge on any atom is 0.120 e. The average molecular weight is 221 g/mol. The highest BCUT2D eigenvalue weighted by atomic mass is 16.5. The van der Waals surface area contributed by atoms with Crippen LogP contribution in [0, 0.1) is 6.92 Å². The highest BCUT2D eigenvalue weighted by molar-refractivity contribution is 5.37. The second kappa shape index (κ2) is 4.85. The molecule has 0 aromatic heterocycles. The van der Waals surface area contributed by atoms with E-state index in [2.05, 4.69) is 12.2 Å². The molecule has 1 saturated heterocycles. The van der Waals surface area contributed by atoms with E-state index in [1.165, 1.54) is 0 Å². The van der Waals surface area contributed by atoms with E-state index in [4.69, 9.17) is 4.74 Å². The van der Waals surface area contributed by atoms with Crippen molar-refractivity contribution in [3.8, 4) is 5.75 Å². The van der Waals surface area contributed by atoms with Gasteiger partial charge in [0.1, 0.15) is 5.75 Å². The van der Waals surface area contributed by atoms with Gasteiger partial charge in [-0.25, -0.2) is 0 Å². The lowest BCUT2D eigenvalue weighted by Gasteiger charge is -2.19. The summed E-state index contributed by atoms with van der Waals surface area (Å²) in [6, 6.07) is 6.39. The normalized spacial score (nSPS) is 22.2. The third kappa shape index (κ3) is 2.54. The number of hydrogen-bond acceptors (Lipinski definition) is 3. The number of aromatic hydroxyl groups is 1. The Labute approximate surface area is 96.4 Å². The second-order valence-corrected chi connectivity index (χ2v) is 4.51. The van der Waals surface area contributed by atoms with Crippen molar-refractivity contribution in [3.63, 3.8) is 0 Å². The summed E-state index contributed by atoms with van der Waals surface area (Å²) >= 11 is 0. The minimum absolute atomic E-state index is 0.160. The van der Waals surface area contributed by atoms with Crippen molar-refractivity contribution in [1.29, 1.82) is 0 Å². The van der Waals surface area contributed by atoms with Gasteiger partial charge in [0.15, 0.2) is 0 Å². The average Bonchev–Trinajstić information content (AvgIpc) is 2.70. The van der Waals surface area contributed by atoms with E-state index in [0.717, 1.165) is 30.8 Å². The minimum atomic E-state index is 0.160. The Bertz CT molecular complexity index is 359. The molecule has 88 valence electrons. The molecule has 0 spiro atoms. The van der Waals surface area contributed by atoms with Gasteiger partial charge in [-0.3, -0.25) is 0 Å². The van der Waals surface area contributed by atoms with E-state index >= 15 is 0 Å². The van der Waals surface area contributed by atoms with Crippen LogP contribution in [0.5, 0.6) is 5.75 Å². The largest absolute Gasteiger partial charge is 0.508 e. The molecule has 2 N–H and O–H groups in total. The molecule has 2 rings (SSSR count). The fourth-order valence-electron chi connectivity index (χ4n) is 2.13. The highest BCUT2D eigenvalue weighted by Crippen LogP contribution is 2.25. The molecule has 3 nitrogen and oxygen atoms in total. The number of phenolic OH excluding ortho intramolecular Hbond substituents is 1. The van der Waals surface area contributed by atoms with Crippen LogP contribution in [0.15, 0.2) is 18.2 Å². The topological polar surface area (TPSA) is 41.5 Å². The van der Waals surface area contributed by atoms with Crippen molar-refractivity contribution in [2.24, 2.45) is 0 Å². The number of benzene rings is 1. The summed E-state index contributed by atoms with van der Waals surface area (Å²) in [5.74, 6) is 0.374. The van der Waals surface area contributed by atoms with Crippen LogP contribution < -0.4 is 5.32 Å². The lowest BCUT2D eigenvalue weighted by molar-refractivity contribution is 0.188. The molecule has 16 heavy (non-hydrogen) atoms. The third-order valence-electron chi connectivity index (χ3n) is 3.07. The fourth-order valence-corrected chi connectivity index (χ4v) is 2.13. The first-order valence-electron chi connectivity index (χ1n) is 5.80. The van der Waals surface area contributed by atoms with Gasteiger partial charge in [-0.15, -0.1) is 0 Å². The van der Waals surface area contributed by atoms with Gasteiger partial charge < -0.3 is 15.2 Å². The molecule has 2 atom stereocenters. The predicted molar refractivity (Wildman–Crippen MR) is 63.6 cm³/mol. The standard InChI is InChI=1S/C13H19NO2/c1-9-3-4-12(13(15)7-9)10(2)14-11-5-6-16-8-11/h3-4,7,10-11,14-15H,5-6,8H2,1-2H3. The van der Waals surface area contributed by atoms with Crippen molar-refractivity contribution in [2.45, 2.75) is 32.4 Å². The molecule has 2 unspecified atom stereocenters. The summed E-state index contributed by atoms with van der Waals surface area (Å²) in [6.45, 7) is 5.66. The molecule has 1 fully saturated rings. The van der Waals surface area contributed by atoms with E-state index in [1.54, 1.807) is 6.07 Å². The van der Waals surface area contributed by atoms with Gasteiger partial charge in [-0.2, -0.15) is 0 Å². The molecule has 3 heteroatoms. The number of aryl methyl sites for hydroxylation is 1. The van der Waals surface area contributed by atoms with Crippen LogP contribution in [0.1, 0.15) is 30.5 Å². The first-order valence-corrected chi connectivity index (χ1v) is 5.80. The van der Waals surface area contributed by atoms with Crippen LogP contribution >= 0.6 is 0 Å². The Balaban J connectivity index is 2.04. The van der Waals surface area contributed by atoms with Gasteiger partial charge in [0.2, 0.25) is 0 Å². The summed E-state index contributed by atoms with van der Waals surface area (Å²) in [6.07, 6.45) is 1.05. The summed E-state index contributed by atoms with van der Waals surface area (Å²) < 4.78 is 5.32. The molecule has 0 aliphatic carbocycles. The van der Waals surface area contributed by atoms with Gasteiger partial charge >= 0.3 is 0 Å². The lowest BCUT2D eigenvalue weighted by Crippen LogP contribution is -2.31. The summed E-state index contributed by atoms with van der Waals surface area (Å²) in [5, 5.41) is 13.3. The SMILES string of the molecule is Cc1ccc(C(C)NC2CCOC2)c(O)c1. The van der Waals surface area contributed by atoms with Gasteiger partial charge in [0.25, 0.3) is 0 Å². The van der Waals surface area contributed by atoms with Crippen molar-refractivity contribution < 1.29 is 9.84 Å². The highest BCUT2D eigenvalue weighted by Gasteiger charge is 2.19. The number of nitrogens with one attached hydrogen (secondary N) is 1. The van der Waals surface area contributed by atoms with Crippen LogP contribution in [0.25, 0.3) is 0 Å². The molecule has 0 radical (unpaired) electrons. The van der Waals surface area contributed by atoms with Crippen LogP contribution in [0.2, 0.25) is 0 Å². The van der Waals surface area contributed by atoms with E-state index in [0.29, 0.717) is 11.8 Å². The molecule has 0 saturated carbocycles.